The summed E-state index contributed by atoms with van der Waals surface area (Å²) in [5.74, 6) is 0. The number of hydrogen-bond donors (Lipinski definition) is 1. The van der Waals surface area contributed by atoms with Crippen LogP contribution in [-0.4, -0.2) is 19.7 Å². The Morgan fingerprint density at radius 3 is 2.58 bits per heavy atom. The molecule has 0 radical (unpaired) electrons. The summed E-state index contributed by atoms with van der Waals surface area (Å²) >= 11 is 0. The number of rotatable bonds is 4. The Bertz CT molecular complexity index is 681. The van der Waals surface area contributed by atoms with E-state index in [0.29, 0.717) is 17.1 Å². The Hall–Kier alpha value is -1.88. The molecule has 0 aliphatic heterocycles. The molecule has 0 saturated carbocycles. The first-order valence-electron chi connectivity index (χ1n) is 5.92. The van der Waals surface area contributed by atoms with E-state index in [1.165, 1.54) is 6.26 Å². The number of aryl methyl sites for hydroxylation is 1. The summed E-state index contributed by atoms with van der Waals surface area (Å²) in [6.07, 6.45) is 2.94. The Morgan fingerprint density at radius 2 is 1.89 bits per heavy atom. The molecule has 1 aromatic carbocycles. The number of nitrogens with one attached hydrogen (secondary N) is 1. The van der Waals surface area contributed by atoms with E-state index in [1.807, 2.05) is 25.1 Å². The SMILES string of the molecule is Cc1cccnc1CNc1ccccc1S(C)(=O)=O. The van der Waals surface area contributed by atoms with Crippen LogP contribution in [0.25, 0.3) is 0 Å². The number of sulfone groups is 1. The maximum Gasteiger partial charge on any atom is 0.177 e. The zero-order chi connectivity index (χ0) is 13.9. The molecule has 0 unspecified atom stereocenters. The third-order valence-corrected chi connectivity index (χ3v) is 4.01. The van der Waals surface area contributed by atoms with Crippen LogP contribution < -0.4 is 5.32 Å². The fourth-order valence-corrected chi connectivity index (χ4v) is 2.68. The molecule has 0 aliphatic rings. The number of pyridine rings is 1. The third-order valence-electron chi connectivity index (χ3n) is 2.85. The van der Waals surface area contributed by atoms with Crippen molar-refractivity contribution in [2.24, 2.45) is 0 Å². The lowest BCUT2D eigenvalue weighted by molar-refractivity contribution is 0.602. The molecule has 4 nitrogen and oxygen atoms in total. The molecule has 0 atom stereocenters. The summed E-state index contributed by atoms with van der Waals surface area (Å²) in [6, 6.07) is 10.7. The summed E-state index contributed by atoms with van der Waals surface area (Å²) in [4.78, 5) is 4.58. The Morgan fingerprint density at radius 1 is 1.16 bits per heavy atom. The van der Waals surface area contributed by atoms with Crippen molar-refractivity contribution in [3.05, 3.63) is 53.9 Å². The van der Waals surface area contributed by atoms with E-state index in [1.54, 1.807) is 24.4 Å². The average molecular weight is 276 g/mol. The van der Waals surface area contributed by atoms with Crippen molar-refractivity contribution in [1.29, 1.82) is 0 Å². The van der Waals surface area contributed by atoms with Gasteiger partial charge in [0.25, 0.3) is 0 Å². The van der Waals surface area contributed by atoms with Gasteiger partial charge in [-0.25, -0.2) is 8.42 Å². The molecule has 0 bridgehead atoms. The van der Waals surface area contributed by atoms with Gasteiger partial charge in [0.2, 0.25) is 0 Å². The molecule has 5 heteroatoms. The first-order valence-corrected chi connectivity index (χ1v) is 7.81. The van der Waals surface area contributed by atoms with Crippen LogP contribution in [0.2, 0.25) is 0 Å². The topological polar surface area (TPSA) is 59.1 Å². The minimum atomic E-state index is -3.23. The van der Waals surface area contributed by atoms with Crippen LogP contribution in [0.4, 0.5) is 5.69 Å². The molecular formula is C14H16N2O2S. The van der Waals surface area contributed by atoms with Crippen molar-refractivity contribution in [3.8, 4) is 0 Å². The monoisotopic (exact) mass is 276 g/mol. The average Bonchev–Trinajstić information content (AvgIpc) is 2.37. The maximum absolute atomic E-state index is 11.7. The van der Waals surface area contributed by atoms with Crippen molar-refractivity contribution in [1.82, 2.24) is 4.98 Å². The smallest absolute Gasteiger partial charge is 0.177 e. The number of hydrogen-bond acceptors (Lipinski definition) is 4. The van der Waals surface area contributed by atoms with E-state index in [-0.39, 0.29) is 0 Å². The van der Waals surface area contributed by atoms with Gasteiger partial charge in [-0.2, -0.15) is 0 Å². The molecule has 1 aromatic heterocycles. The number of aromatic nitrogens is 1. The van der Waals surface area contributed by atoms with Crippen molar-refractivity contribution >= 4 is 15.5 Å². The van der Waals surface area contributed by atoms with Crippen LogP contribution >= 0.6 is 0 Å². The molecule has 0 spiro atoms. The molecule has 0 amide bonds. The minimum Gasteiger partial charge on any atom is -0.378 e. The first kappa shape index (κ1) is 13.5. The third kappa shape index (κ3) is 3.32. The molecule has 0 saturated heterocycles. The first-order chi connectivity index (χ1) is 8.98. The summed E-state index contributed by atoms with van der Waals surface area (Å²) in [5.41, 5.74) is 2.59. The summed E-state index contributed by atoms with van der Waals surface area (Å²) < 4.78 is 23.4. The van der Waals surface area contributed by atoms with Gasteiger partial charge in [-0.05, 0) is 30.7 Å². The quantitative estimate of drug-likeness (QED) is 0.931. The summed E-state index contributed by atoms with van der Waals surface area (Å²) in [7, 11) is -3.23. The molecule has 2 aromatic rings. The number of anilines is 1. The maximum atomic E-state index is 11.7. The number of nitrogens with zero attached hydrogens (tertiary/aromatic N) is 1. The predicted octanol–water partition coefficient (Wildman–Crippen LogP) is 2.41. The number of para-hydroxylation sites is 1. The molecular weight excluding hydrogens is 260 g/mol. The van der Waals surface area contributed by atoms with Gasteiger partial charge in [0, 0.05) is 12.5 Å². The Labute approximate surface area is 113 Å². The van der Waals surface area contributed by atoms with Gasteiger partial charge in [0.1, 0.15) is 0 Å². The molecule has 0 fully saturated rings. The van der Waals surface area contributed by atoms with Gasteiger partial charge in [-0.3, -0.25) is 4.98 Å². The lowest BCUT2D eigenvalue weighted by Gasteiger charge is -2.11. The number of benzene rings is 1. The zero-order valence-electron chi connectivity index (χ0n) is 10.9. The summed E-state index contributed by atoms with van der Waals surface area (Å²) in [6.45, 7) is 2.48. The molecule has 1 N–H and O–H groups in total. The second kappa shape index (κ2) is 5.40. The highest BCUT2D eigenvalue weighted by atomic mass is 32.2. The lowest BCUT2D eigenvalue weighted by Crippen LogP contribution is -2.07. The van der Waals surface area contributed by atoms with E-state index in [2.05, 4.69) is 10.3 Å². The van der Waals surface area contributed by atoms with Crippen LogP contribution in [-0.2, 0) is 16.4 Å². The largest absolute Gasteiger partial charge is 0.378 e. The van der Waals surface area contributed by atoms with Crippen molar-refractivity contribution in [3.63, 3.8) is 0 Å². The van der Waals surface area contributed by atoms with Crippen molar-refractivity contribution in [2.75, 3.05) is 11.6 Å². The minimum absolute atomic E-state index is 0.309. The van der Waals surface area contributed by atoms with Gasteiger partial charge in [0.15, 0.2) is 9.84 Å². The van der Waals surface area contributed by atoms with E-state index < -0.39 is 9.84 Å². The van der Waals surface area contributed by atoms with Crippen molar-refractivity contribution < 1.29 is 8.42 Å². The Kier molecular flexibility index (Phi) is 3.85. The Balaban J connectivity index is 2.24. The normalized spacial score (nSPS) is 11.3. The molecule has 0 aliphatic carbocycles. The highest BCUT2D eigenvalue weighted by molar-refractivity contribution is 7.90. The van der Waals surface area contributed by atoms with Gasteiger partial charge >= 0.3 is 0 Å². The van der Waals surface area contributed by atoms with Gasteiger partial charge < -0.3 is 5.32 Å². The highest BCUT2D eigenvalue weighted by Crippen LogP contribution is 2.21. The second-order valence-corrected chi connectivity index (χ2v) is 6.37. The predicted molar refractivity (Wildman–Crippen MR) is 75.9 cm³/mol. The van der Waals surface area contributed by atoms with Crippen molar-refractivity contribution in [2.45, 2.75) is 18.4 Å². The second-order valence-electron chi connectivity index (χ2n) is 4.39. The van der Waals surface area contributed by atoms with Gasteiger partial charge in [0.05, 0.1) is 22.8 Å². The molecule has 100 valence electrons. The van der Waals surface area contributed by atoms with Crippen LogP contribution in [0, 0.1) is 6.92 Å². The molecule has 1 heterocycles. The van der Waals surface area contributed by atoms with E-state index >= 15 is 0 Å². The fraction of sp³-hybridized carbons (Fsp3) is 0.214. The van der Waals surface area contributed by atoms with Crippen LogP contribution in [0.3, 0.4) is 0 Å². The fourth-order valence-electron chi connectivity index (χ4n) is 1.82. The molecule has 19 heavy (non-hydrogen) atoms. The van der Waals surface area contributed by atoms with E-state index in [0.717, 1.165) is 11.3 Å². The van der Waals surface area contributed by atoms with Crippen LogP contribution in [0.15, 0.2) is 47.5 Å². The molecule has 2 rings (SSSR count). The summed E-state index contributed by atoms with van der Waals surface area (Å²) in [5, 5.41) is 3.14. The lowest BCUT2D eigenvalue weighted by atomic mass is 10.2. The van der Waals surface area contributed by atoms with E-state index in [9.17, 15) is 8.42 Å². The van der Waals surface area contributed by atoms with Gasteiger partial charge in [-0.1, -0.05) is 18.2 Å². The standard InChI is InChI=1S/C14H16N2O2S/c1-11-6-5-9-15-13(11)10-16-12-7-3-4-8-14(12)19(2,17)18/h3-9,16H,10H2,1-2H3. The van der Waals surface area contributed by atoms with E-state index in [4.69, 9.17) is 0 Å². The van der Waals surface area contributed by atoms with Gasteiger partial charge in [-0.15, -0.1) is 0 Å². The van der Waals surface area contributed by atoms with Crippen LogP contribution in [0.1, 0.15) is 11.3 Å². The zero-order valence-corrected chi connectivity index (χ0v) is 11.7. The van der Waals surface area contributed by atoms with Crippen LogP contribution in [0.5, 0.6) is 0 Å². The highest BCUT2D eigenvalue weighted by Gasteiger charge is 2.12.